The summed E-state index contributed by atoms with van der Waals surface area (Å²) in [7, 11) is 0. The van der Waals surface area contributed by atoms with E-state index in [4.69, 9.17) is 24.6 Å². The van der Waals surface area contributed by atoms with Gasteiger partial charge in [0.15, 0.2) is 0 Å². The Morgan fingerprint density at radius 3 is 2.08 bits per heavy atom. The monoisotopic (exact) mass is 348 g/mol. The molecule has 0 aliphatic heterocycles. The van der Waals surface area contributed by atoms with E-state index in [1.807, 2.05) is 27.7 Å². The van der Waals surface area contributed by atoms with Gasteiger partial charge in [0.2, 0.25) is 5.60 Å². The second-order valence-electron chi connectivity index (χ2n) is 6.74. The Hall–Kier alpha value is -0.690. The molecule has 0 amide bonds. The predicted octanol–water partition coefficient (Wildman–Crippen LogP) is 5.06. The molecule has 0 saturated heterocycles. The van der Waals surface area contributed by atoms with Gasteiger partial charge in [0.05, 0.1) is 6.61 Å². The van der Waals surface area contributed by atoms with Gasteiger partial charge in [-0.15, -0.1) is 0 Å². The summed E-state index contributed by atoms with van der Waals surface area (Å²) in [5.74, 6) is -0.623. The molecule has 0 aromatic carbocycles. The number of carbonyl (C=O) groups is 1. The Bertz CT molecular complexity index is 331. The third-order valence-electron chi connectivity index (χ3n) is 3.90. The van der Waals surface area contributed by atoms with E-state index in [1.165, 1.54) is 0 Å². The van der Waals surface area contributed by atoms with Crippen LogP contribution in [0.4, 0.5) is 0 Å². The van der Waals surface area contributed by atoms with Crippen LogP contribution in [0.5, 0.6) is 0 Å². The van der Waals surface area contributed by atoms with E-state index in [1.54, 1.807) is 0 Å². The first kappa shape index (κ1) is 23.3. The van der Waals surface area contributed by atoms with Crippen LogP contribution in [0, 0.1) is 0 Å². The van der Waals surface area contributed by atoms with Crippen molar-refractivity contribution in [2.45, 2.75) is 104 Å². The van der Waals surface area contributed by atoms with Crippen molar-refractivity contribution in [3.8, 4) is 0 Å². The second-order valence-corrected chi connectivity index (χ2v) is 6.74. The molecular weight excluding hydrogens is 312 g/mol. The van der Waals surface area contributed by atoms with Crippen LogP contribution in [0.25, 0.3) is 0 Å². The highest BCUT2D eigenvalue weighted by atomic mass is 17.5. The largest absolute Gasteiger partial charge is 0.380 e. The standard InChI is InChI=1S/C18H36O6/c1-7-11-14-18(10-4,23-20-15-12-8-2)16(19)21-24-22-17(5,6)13-9-3/h7-15H2,1-6H3. The molecule has 1 atom stereocenters. The van der Waals surface area contributed by atoms with Crippen LogP contribution in [0.3, 0.4) is 0 Å². The summed E-state index contributed by atoms with van der Waals surface area (Å²) in [4.78, 5) is 33.2. The Morgan fingerprint density at radius 2 is 1.54 bits per heavy atom. The van der Waals surface area contributed by atoms with Crippen molar-refractivity contribution < 1.29 is 29.4 Å². The highest BCUT2D eigenvalue weighted by molar-refractivity contribution is 5.78. The van der Waals surface area contributed by atoms with Gasteiger partial charge in [-0.25, -0.2) is 14.6 Å². The molecule has 0 fully saturated rings. The molecule has 6 nitrogen and oxygen atoms in total. The fraction of sp³-hybridized carbons (Fsp3) is 0.944. The molecule has 0 N–H and O–H groups in total. The highest BCUT2D eigenvalue weighted by Gasteiger charge is 2.42. The Balaban J connectivity index is 4.64. The first-order valence-electron chi connectivity index (χ1n) is 9.24. The molecule has 0 radical (unpaired) electrons. The lowest BCUT2D eigenvalue weighted by Gasteiger charge is -2.28. The summed E-state index contributed by atoms with van der Waals surface area (Å²) in [6, 6.07) is 0. The van der Waals surface area contributed by atoms with E-state index in [-0.39, 0.29) is 0 Å². The summed E-state index contributed by atoms with van der Waals surface area (Å²) in [5.41, 5.74) is -1.69. The normalized spacial score (nSPS) is 14.4. The third kappa shape index (κ3) is 8.97. The van der Waals surface area contributed by atoms with Gasteiger partial charge in [-0.1, -0.05) is 53.4 Å². The molecule has 0 aliphatic rings. The highest BCUT2D eigenvalue weighted by Crippen LogP contribution is 2.27. The van der Waals surface area contributed by atoms with Crippen molar-refractivity contribution in [3.05, 3.63) is 0 Å². The fourth-order valence-corrected chi connectivity index (χ4v) is 2.24. The molecule has 6 heteroatoms. The lowest BCUT2D eigenvalue weighted by Crippen LogP contribution is -2.43. The Kier molecular flexibility index (Phi) is 12.3. The summed E-state index contributed by atoms with van der Waals surface area (Å²) in [6.45, 7) is 12.2. The Labute approximate surface area is 146 Å². The summed E-state index contributed by atoms with van der Waals surface area (Å²) in [6.07, 6.45) is 6.28. The van der Waals surface area contributed by atoms with Crippen LogP contribution in [0.15, 0.2) is 0 Å². The van der Waals surface area contributed by atoms with Crippen LogP contribution >= 0.6 is 0 Å². The molecule has 0 rings (SSSR count). The number of carbonyl (C=O) groups excluding carboxylic acids is 1. The minimum atomic E-state index is -1.16. The smallest absolute Gasteiger partial charge is 0.265 e. The van der Waals surface area contributed by atoms with E-state index in [0.717, 1.165) is 38.5 Å². The minimum Gasteiger partial charge on any atom is -0.265 e. The van der Waals surface area contributed by atoms with Gasteiger partial charge in [-0.2, -0.15) is 4.89 Å². The fourth-order valence-electron chi connectivity index (χ4n) is 2.24. The molecular formula is C18H36O6. The molecule has 0 spiro atoms. The lowest BCUT2D eigenvalue weighted by molar-refractivity contribution is -0.522. The SMILES string of the molecule is CCCCOOC(CC)(CCCC)C(=O)OOOC(C)(C)CCC. The second kappa shape index (κ2) is 12.6. The van der Waals surface area contributed by atoms with Crippen LogP contribution in [0.1, 0.15) is 92.9 Å². The van der Waals surface area contributed by atoms with Gasteiger partial charge >= 0.3 is 5.97 Å². The molecule has 0 aromatic rings. The van der Waals surface area contributed by atoms with Crippen molar-refractivity contribution in [2.75, 3.05) is 6.61 Å². The topological polar surface area (TPSA) is 63.2 Å². The number of unbranched alkanes of at least 4 members (excludes halogenated alkanes) is 2. The van der Waals surface area contributed by atoms with Gasteiger partial charge in [0.1, 0.15) is 5.60 Å². The van der Waals surface area contributed by atoms with E-state index in [0.29, 0.717) is 19.4 Å². The first-order valence-corrected chi connectivity index (χ1v) is 9.24. The maximum absolute atomic E-state index is 12.5. The zero-order chi connectivity index (χ0) is 18.5. The molecule has 0 heterocycles. The van der Waals surface area contributed by atoms with E-state index < -0.39 is 17.2 Å². The average molecular weight is 348 g/mol. The average Bonchev–Trinajstić information content (AvgIpc) is 2.54. The predicted molar refractivity (Wildman–Crippen MR) is 91.7 cm³/mol. The molecule has 0 saturated carbocycles. The quantitative estimate of drug-likeness (QED) is 0.234. The number of rotatable bonds is 15. The van der Waals surface area contributed by atoms with Crippen molar-refractivity contribution in [3.63, 3.8) is 0 Å². The van der Waals surface area contributed by atoms with Crippen molar-refractivity contribution >= 4 is 5.97 Å². The number of hydrogen-bond acceptors (Lipinski definition) is 6. The van der Waals surface area contributed by atoms with Crippen LogP contribution in [-0.2, 0) is 29.4 Å². The van der Waals surface area contributed by atoms with Gasteiger partial charge < -0.3 is 0 Å². The van der Waals surface area contributed by atoms with Crippen LogP contribution in [0.2, 0.25) is 0 Å². The summed E-state index contributed by atoms with van der Waals surface area (Å²) >= 11 is 0. The molecule has 0 aromatic heterocycles. The van der Waals surface area contributed by atoms with E-state index in [9.17, 15) is 4.79 Å². The van der Waals surface area contributed by atoms with Gasteiger partial charge in [0.25, 0.3) is 0 Å². The molecule has 0 aliphatic carbocycles. The van der Waals surface area contributed by atoms with Crippen molar-refractivity contribution in [1.29, 1.82) is 0 Å². The first-order chi connectivity index (χ1) is 11.4. The lowest BCUT2D eigenvalue weighted by atomic mass is 9.94. The van der Waals surface area contributed by atoms with E-state index >= 15 is 0 Å². The van der Waals surface area contributed by atoms with E-state index in [2.05, 4.69) is 13.8 Å². The molecule has 1 unspecified atom stereocenters. The summed E-state index contributed by atoms with van der Waals surface area (Å²) < 4.78 is 0. The van der Waals surface area contributed by atoms with Gasteiger partial charge in [-0.3, -0.25) is 4.89 Å². The third-order valence-corrected chi connectivity index (χ3v) is 3.90. The van der Waals surface area contributed by atoms with Crippen molar-refractivity contribution in [1.82, 2.24) is 0 Å². The van der Waals surface area contributed by atoms with Crippen molar-refractivity contribution in [2.24, 2.45) is 0 Å². The molecule has 144 valence electrons. The molecule has 0 bridgehead atoms. The van der Waals surface area contributed by atoms with Crippen LogP contribution in [-0.4, -0.2) is 23.8 Å². The van der Waals surface area contributed by atoms with Crippen LogP contribution < -0.4 is 0 Å². The van der Waals surface area contributed by atoms with Gasteiger partial charge in [-0.05, 0) is 44.6 Å². The summed E-state index contributed by atoms with van der Waals surface area (Å²) in [5, 5.41) is 4.74. The van der Waals surface area contributed by atoms with Gasteiger partial charge in [0, 0.05) is 0 Å². The molecule has 24 heavy (non-hydrogen) atoms. The zero-order valence-electron chi connectivity index (χ0n) is 16.3. The maximum Gasteiger partial charge on any atom is 0.380 e. The zero-order valence-corrected chi connectivity index (χ0v) is 16.3. The maximum atomic E-state index is 12.5. The number of hydrogen-bond donors (Lipinski definition) is 0. The minimum absolute atomic E-state index is 0.430. The Morgan fingerprint density at radius 1 is 0.875 bits per heavy atom.